The highest BCUT2D eigenvalue weighted by Gasteiger charge is 2.14. The largest absolute Gasteiger partial charge is 0.466 e. The first-order chi connectivity index (χ1) is 9.02. The standard InChI is InChI=1S/C14H20BrNO3/c1-3-19-14(18)8-12(17)10-16(2)9-11-6-4-5-7-13(11)15/h4-7,12,17H,3,8-10H2,1-2H3. The van der Waals surface area contributed by atoms with Gasteiger partial charge in [0.1, 0.15) is 0 Å². The summed E-state index contributed by atoms with van der Waals surface area (Å²) in [6.07, 6.45) is -0.666. The van der Waals surface area contributed by atoms with E-state index in [0.717, 1.165) is 10.0 Å². The normalized spacial score (nSPS) is 12.5. The van der Waals surface area contributed by atoms with E-state index in [-0.39, 0.29) is 12.4 Å². The highest BCUT2D eigenvalue weighted by molar-refractivity contribution is 9.10. The molecular weight excluding hydrogens is 310 g/mol. The lowest BCUT2D eigenvalue weighted by atomic mass is 10.2. The van der Waals surface area contributed by atoms with Gasteiger partial charge in [0, 0.05) is 17.6 Å². The summed E-state index contributed by atoms with van der Waals surface area (Å²) in [7, 11) is 1.91. The molecule has 0 aliphatic carbocycles. The van der Waals surface area contributed by atoms with Crippen molar-refractivity contribution in [2.24, 2.45) is 0 Å². The summed E-state index contributed by atoms with van der Waals surface area (Å²) in [5.74, 6) is -0.357. The van der Waals surface area contributed by atoms with Crippen molar-refractivity contribution in [3.63, 3.8) is 0 Å². The van der Waals surface area contributed by atoms with E-state index in [1.54, 1.807) is 6.92 Å². The van der Waals surface area contributed by atoms with Gasteiger partial charge >= 0.3 is 5.97 Å². The maximum atomic E-state index is 11.2. The number of ether oxygens (including phenoxy) is 1. The van der Waals surface area contributed by atoms with Crippen LogP contribution in [0.2, 0.25) is 0 Å². The van der Waals surface area contributed by atoms with Crippen LogP contribution in [0.3, 0.4) is 0 Å². The predicted octanol–water partition coefficient (Wildman–Crippen LogP) is 2.19. The number of carbonyl (C=O) groups excluding carboxylic acids is 1. The second kappa shape index (κ2) is 8.30. The first-order valence-electron chi connectivity index (χ1n) is 6.28. The second-order valence-electron chi connectivity index (χ2n) is 4.45. The minimum absolute atomic E-state index is 0.0359. The minimum atomic E-state index is -0.702. The lowest BCUT2D eigenvalue weighted by Crippen LogP contribution is -2.31. The van der Waals surface area contributed by atoms with Crippen molar-refractivity contribution in [3.05, 3.63) is 34.3 Å². The minimum Gasteiger partial charge on any atom is -0.466 e. The maximum absolute atomic E-state index is 11.2. The fourth-order valence-electron chi connectivity index (χ4n) is 1.82. The molecular formula is C14H20BrNO3. The summed E-state index contributed by atoms with van der Waals surface area (Å²) in [4.78, 5) is 13.2. The van der Waals surface area contributed by atoms with E-state index in [1.165, 1.54) is 0 Å². The van der Waals surface area contributed by atoms with Crippen LogP contribution in [0.4, 0.5) is 0 Å². The van der Waals surface area contributed by atoms with E-state index in [0.29, 0.717) is 19.7 Å². The van der Waals surface area contributed by atoms with Crippen molar-refractivity contribution >= 4 is 21.9 Å². The molecule has 1 aromatic rings. The Labute approximate surface area is 122 Å². The summed E-state index contributed by atoms with van der Waals surface area (Å²) in [6, 6.07) is 7.95. The molecule has 0 aliphatic heterocycles. The van der Waals surface area contributed by atoms with E-state index in [4.69, 9.17) is 4.74 Å². The number of halogens is 1. The van der Waals surface area contributed by atoms with Crippen molar-refractivity contribution in [1.29, 1.82) is 0 Å². The Kier molecular flexibility index (Phi) is 7.05. The Morgan fingerprint density at radius 2 is 2.16 bits per heavy atom. The van der Waals surface area contributed by atoms with Gasteiger partial charge in [-0.15, -0.1) is 0 Å². The number of esters is 1. The van der Waals surface area contributed by atoms with E-state index in [9.17, 15) is 9.90 Å². The number of hydrogen-bond acceptors (Lipinski definition) is 4. The third kappa shape index (κ3) is 6.18. The number of rotatable bonds is 7. The first-order valence-corrected chi connectivity index (χ1v) is 7.07. The van der Waals surface area contributed by atoms with Gasteiger partial charge in [0.05, 0.1) is 19.1 Å². The first kappa shape index (κ1) is 16.1. The smallest absolute Gasteiger partial charge is 0.308 e. The fourth-order valence-corrected chi connectivity index (χ4v) is 2.23. The van der Waals surface area contributed by atoms with Crippen LogP contribution in [0.5, 0.6) is 0 Å². The molecule has 5 heteroatoms. The monoisotopic (exact) mass is 329 g/mol. The van der Waals surface area contributed by atoms with Crippen molar-refractivity contribution < 1.29 is 14.6 Å². The highest BCUT2D eigenvalue weighted by Crippen LogP contribution is 2.17. The van der Waals surface area contributed by atoms with Crippen LogP contribution in [0, 0.1) is 0 Å². The van der Waals surface area contributed by atoms with Crippen molar-refractivity contribution in [2.75, 3.05) is 20.2 Å². The number of nitrogens with zero attached hydrogens (tertiary/aromatic N) is 1. The van der Waals surface area contributed by atoms with Gasteiger partial charge in [0.15, 0.2) is 0 Å². The van der Waals surface area contributed by atoms with Gasteiger partial charge in [-0.05, 0) is 25.6 Å². The molecule has 106 valence electrons. The van der Waals surface area contributed by atoms with Crippen LogP contribution in [0.15, 0.2) is 28.7 Å². The Morgan fingerprint density at radius 3 is 2.79 bits per heavy atom. The van der Waals surface area contributed by atoms with E-state index in [1.807, 2.05) is 36.2 Å². The molecule has 1 aromatic carbocycles. The van der Waals surface area contributed by atoms with E-state index >= 15 is 0 Å². The van der Waals surface area contributed by atoms with Crippen LogP contribution in [-0.4, -0.2) is 42.3 Å². The van der Waals surface area contributed by atoms with Gasteiger partial charge in [0.25, 0.3) is 0 Å². The van der Waals surface area contributed by atoms with E-state index in [2.05, 4.69) is 15.9 Å². The lowest BCUT2D eigenvalue weighted by molar-refractivity contribution is -0.145. The summed E-state index contributed by atoms with van der Waals surface area (Å²) < 4.78 is 5.85. The zero-order chi connectivity index (χ0) is 14.3. The van der Waals surface area contributed by atoms with Gasteiger partial charge in [-0.25, -0.2) is 0 Å². The lowest BCUT2D eigenvalue weighted by Gasteiger charge is -2.20. The molecule has 0 heterocycles. The molecule has 0 bridgehead atoms. The number of benzene rings is 1. The van der Waals surface area contributed by atoms with Crippen LogP contribution < -0.4 is 0 Å². The van der Waals surface area contributed by atoms with Gasteiger partial charge in [-0.3, -0.25) is 9.69 Å². The van der Waals surface area contributed by atoms with Crippen LogP contribution in [-0.2, 0) is 16.1 Å². The molecule has 1 N–H and O–H groups in total. The molecule has 1 atom stereocenters. The van der Waals surface area contributed by atoms with Crippen molar-refractivity contribution in [3.8, 4) is 0 Å². The molecule has 0 amide bonds. The number of aliphatic hydroxyl groups is 1. The zero-order valence-corrected chi connectivity index (χ0v) is 12.9. The third-order valence-electron chi connectivity index (χ3n) is 2.63. The molecule has 4 nitrogen and oxygen atoms in total. The van der Waals surface area contributed by atoms with Crippen molar-refractivity contribution in [1.82, 2.24) is 4.90 Å². The number of hydrogen-bond donors (Lipinski definition) is 1. The van der Waals surface area contributed by atoms with Crippen molar-refractivity contribution in [2.45, 2.75) is 26.0 Å². The molecule has 0 saturated heterocycles. The maximum Gasteiger partial charge on any atom is 0.308 e. The summed E-state index contributed by atoms with van der Waals surface area (Å²) in [5.41, 5.74) is 1.15. The second-order valence-corrected chi connectivity index (χ2v) is 5.31. The Morgan fingerprint density at radius 1 is 1.47 bits per heavy atom. The van der Waals surface area contributed by atoms with Gasteiger partial charge in [-0.1, -0.05) is 34.1 Å². The Bertz CT molecular complexity index is 411. The molecule has 0 saturated carbocycles. The molecule has 0 aliphatic rings. The molecule has 0 radical (unpaired) electrons. The molecule has 1 rings (SSSR count). The highest BCUT2D eigenvalue weighted by atomic mass is 79.9. The Hall–Kier alpha value is -0.910. The third-order valence-corrected chi connectivity index (χ3v) is 3.40. The summed E-state index contributed by atoms with van der Waals surface area (Å²) in [6.45, 7) is 3.24. The quantitative estimate of drug-likeness (QED) is 0.779. The molecule has 0 spiro atoms. The average molecular weight is 330 g/mol. The fraction of sp³-hybridized carbons (Fsp3) is 0.500. The van der Waals surface area contributed by atoms with Crippen LogP contribution in [0.1, 0.15) is 18.9 Å². The van der Waals surface area contributed by atoms with Crippen LogP contribution >= 0.6 is 15.9 Å². The predicted molar refractivity (Wildman–Crippen MR) is 77.7 cm³/mol. The number of carbonyl (C=O) groups is 1. The van der Waals surface area contributed by atoms with Crippen LogP contribution in [0.25, 0.3) is 0 Å². The van der Waals surface area contributed by atoms with E-state index < -0.39 is 6.10 Å². The zero-order valence-electron chi connectivity index (χ0n) is 11.3. The Balaban J connectivity index is 2.40. The van der Waals surface area contributed by atoms with Gasteiger partial charge in [-0.2, -0.15) is 0 Å². The van der Waals surface area contributed by atoms with Gasteiger partial charge < -0.3 is 9.84 Å². The number of likely N-dealkylation sites (N-methyl/N-ethyl adjacent to an activating group) is 1. The molecule has 1 unspecified atom stereocenters. The average Bonchev–Trinajstić information content (AvgIpc) is 2.31. The molecule has 0 fully saturated rings. The topological polar surface area (TPSA) is 49.8 Å². The number of aliphatic hydroxyl groups excluding tert-OH is 1. The molecule has 0 aromatic heterocycles. The summed E-state index contributed by atoms with van der Waals surface area (Å²) in [5, 5.41) is 9.81. The SMILES string of the molecule is CCOC(=O)CC(O)CN(C)Cc1ccccc1Br. The van der Waals surface area contributed by atoms with Gasteiger partial charge in [0.2, 0.25) is 0 Å². The molecule has 19 heavy (non-hydrogen) atoms. The summed E-state index contributed by atoms with van der Waals surface area (Å²) >= 11 is 3.49.